The van der Waals surface area contributed by atoms with Crippen molar-refractivity contribution in [3.05, 3.63) is 71.4 Å². The highest BCUT2D eigenvalue weighted by atomic mass is 16.5. The van der Waals surface area contributed by atoms with E-state index in [1.165, 1.54) is 6.42 Å². The third-order valence-electron chi connectivity index (χ3n) is 6.72. The van der Waals surface area contributed by atoms with Crippen LogP contribution in [0.4, 0.5) is 0 Å². The monoisotopic (exact) mass is 416 g/mol. The molecule has 5 heteroatoms. The van der Waals surface area contributed by atoms with Gasteiger partial charge in [-0.3, -0.25) is 4.79 Å². The summed E-state index contributed by atoms with van der Waals surface area (Å²) in [5.41, 5.74) is 3.13. The minimum atomic E-state index is -1.02. The Hall–Kier alpha value is -3.08. The lowest BCUT2D eigenvalue weighted by atomic mass is 9.93. The minimum Gasteiger partial charge on any atom is -0.461 e. The number of ether oxygens (including phenoxy) is 1. The lowest BCUT2D eigenvalue weighted by Crippen LogP contribution is -2.57. The van der Waals surface area contributed by atoms with Gasteiger partial charge in [0.05, 0.1) is 6.42 Å². The molecule has 0 radical (unpaired) electrons. The molecule has 0 aliphatic heterocycles. The summed E-state index contributed by atoms with van der Waals surface area (Å²) >= 11 is 0. The Morgan fingerprint density at radius 2 is 1.65 bits per heavy atom. The summed E-state index contributed by atoms with van der Waals surface area (Å²) < 4.78 is 5.96. The van der Waals surface area contributed by atoms with Gasteiger partial charge in [0.1, 0.15) is 11.6 Å². The summed E-state index contributed by atoms with van der Waals surface area (Å²) in [5, 5.41) is 4.14. The van der Waals surface area contributed by atoms with Gasteiger partial charge in [0.25, 0.3) is 0 Å². The number of rotatable bonds is 5. The number of carbonyl (C=O) groups excluding carboxylic acids is 2. The summed E-state index contributed by atoms with van der Waals surface area (Å²) in [6.45, 7) is 0. The molecule has 5 rings (SSSR count). The normalized spacial score (nSPS) is 17.9. The highest BCUT2D eigenvalue weighted by Gasteiger charge is 2.47. The Labute approximate surface area is 182 Å². The maximum atomic E-state index is 13.4. The molecule has 2 aromatic carbocycles. The second kappa shape index (κ2) is 8.22. The molecule has 1 saturated carbocycles. The number of aromatic amines is 1. The molecule has 3 aromatic rings. The van der Waals surface area contributed by atoms with E-state index in [4.69, 9.17) is 4.74 Å². The van der Waals surface area contributed by atoms with E-state index < -0.39 is 5.54 Å². The molecule has 2 N–H and O–H groups in total. The highest BCUT2D eigenvalue weighted by Crippen LogP contribution is 2.33. The van der Waals surface area contributed by atoms with Crippen LogP contribution in [0.2, 0.25) is 0 Å². The molecule has 0 spiro atoms. The van der Waals surface area contributed by atoms with Crippen molar-refractivity contribution in [2.24, 2.45) is 0 Å². The van der Waals surface area contributed by atoms with Crippen molar-refractivity contribution in [2.75, 3.05) is 0 Å². The molecular weight excluding hydrogens is 388 g/mol. The van der Waals surface area contributed by atoms with E-state index >= 15 is 0 Å². The number of hydrogen-bond acceptors (Lipinski definition) is 3. The summed E-state index contributed by atoms with van der Waals surface area (Å²) in [6, 6.07) is 16.0. The topological polar surface area (TPSA) is 71.2 Å². The van der Waals surface area contributed by atoms with Crippen LogP contribution in [0.5, 0.6) is 0 Å². The van der Waals surface area contributed by atoms with Crippen molar-refractivity contribution in [1.29, 1.82) is 0 Å². The number of esters is 1. The standard InChI is InChI=1S/C26H28N2O3/c29-24(14-20-17-27-23-13-7-6-12-22(20)23)28-26(15-18-8-4-5-9-19(18)16-26)25(30)31-21-10-2-1-3-11-21/h4-9,12-13,17,21,27H,1-3,10-11,14-16H2,(H,28,29). The van der Waals surface area contributed by atoms with Crippen LogP contribution in [0.15, 0.2) is 54.7 Å². The van der Waals surface area contributed by atoms with Crippen LogP contribution in [0.3, 0.4) is 0 Å². The van der Waals surface area contributed by atoms with Crippen LogP contribution >= 0.6 is 0 Å². The quantitative estimate of drug-likeness (QED) is 0.611. The first-order chi connectivity index (χ1) is 15.1. The molecular formula is C26H28N2O3. The SMILES string of the molecule is O=C(Cc1c[nH]c2ccccc12)NC1(C(=O)OC2CCCCC2)Cc2ccccc2C1. The molecule has 5 nitrogen and oxygen atoms in total. The van der Waals surface area contributed by atoms with Crippen LogP contribution in [-0.4, -0.2) is 28.5 Å². The van der Waals surface area contributed by atoms with E-state index in [1.807, 2.05) is 54.7 Å². The first-order valence-corrected chi connectivity index (χ1v) is 11.3. The van der Waals surface area contributed by atoms with Gasteiger partial charge in [-0.1, -0.05) is 48.9 Å². The zero-order valence-corrected chi connectivity index (χ0v) is 17.7. The molecule has 0 saturated heterocycles. The Morgan fingerprint density at radius 3 is 2.39 bits per heavy atom. The summed E-state index contributed by atoms with van der Waals surface area (Å²) in [5.74, 6) is -0.443. The van der Waals surface area contributed by atoms with Crippen LogP contribution < -0.4 is 5.32 Å². The fourth-order valence-corrected chi connectivity index (χ4v) is 5.11. The first kappa shape index (κ1) is 19.9. The number of carbonyl (C=O) groups is 2. The van der Waals surface area contributed by atoms with Crippen LogP contribution in [-0.2, 0) is 33.6 Å². The number of H-pyrrole nitrogens is 1. The average molecular weight is 417 g/mol. The average Bonchev–Trinajstić information content (AvgIpc) is 3.36. The second-order valence-electron chi connectivity index (χ2n) is 8.95. The number of para-hydroxylation sites is 1. The number of nitrogens with one attached hydrogen (secondary N) is 2. The minimum absolute atomic E-state index is 0.0349. The Bertz CT molecular complexity index is 1090. The van der Waals surface area contributed by atoms with Crippen LogP contribution in [0.1, 0.15) is 48.8 Å². The van der Waals surface area contributed by atoms with Crippen LogP contribution in [0.25, 0.3) is 10.9 Å². The third-order valence-corrected chi connectivity index (χ3v) is 6.72. The molecule has 0 bridgehead atoms. The Kier molecular flexibility index (Phi) is 5.26. The molecule has 1 heterocycles. The van der Waals surface area contributed by atoms with Gasteiger partial charge in [0.15, 0.2) is 0 Å². The number of fused-ring (bicyclic) bond motifs is 2. The third kappa shape index (κ3) is 3.97. The molecule has 0 unspecified atom stereocenters. The Balaban J connectivity index is 1.37. The predicted octanol–water partition coefficient (Wildman–Crippen LogP) is 4.24. The zero-order valence-electron chi connectivity index (χ0n) is 17.7. The predicted molar refractivity (Wildman–Crippen MR) is 120 cm³/mol. The summed E-state index contributed by atoms with van der Waals surface area (Å²) in [7, 11) is 0. The van der Waals surface area contributed by atoms with Gasteiger partial charge < -0.3 is 15.0 Å². The van der Waals surface area contributed by atoms with E-state index in [0.29, 0.717) is 12.8 Å². The van der Waals surface area contributed by atoms with Crippen molar-refractivity contribution in [3.8, 4) is 0 Å². The van der Waals surface area contributed by atoms with Crippen LogP contribution in [0, 0.1) is 0 Å². The zero-order chi connectivity index (χ0) is 21.3. The molecule has 1 fully saturated rings. The summed E-state index contributed by atoms with van der Waals surface area (Å²) in [4.78, 5) is 29.8. The molecule has 2 aliphatic carbocycles. The Morgan fingerprint density at radius 1 is 0.968 bits per heavy atom. The molecule has 0 atom stereocenters. The van der Waals surface area contributed by atoms with Gasteiger partial charge in [-0.2, -0.15) is 0 Å². The lowest BCUT2D eigenvalue weighted by Gasteiger charge is -2.31. The van der Waals surface area contributed by atoms with E-state index in [9.17, 15) is 9.59 Å². The molecule has 2 aliphatic rings. The van der Waals surface area contributed by atoms with Gasteiger partial charge in [-0.25, -0.2) is 4.79 Å². The number of benzene rings is 2. The van der Waals surface area contributed by atoms with Gasteiger partial charge in [0, 0.05) is 29.9 Å². The van der Waals surface area contributed by atoms with Gasteiger partial charge >= 0.3 is 5.97 Å². The number of aromatic nitrogens is 1. The fourth-order valence-electron chi connectivity index (χ4n) is 5.11. The maximum absolute atomic E-state index is 13.4. The number of hydrogen-bond donors (Lipinski definition) is 2. The van der Waals surface area contributed by atoms with Crippen molar-refractivity contribution in [3.63, 3.8) is 0 Å². The lowest BCUT2D eigenvalue weighted by molar-refractivity contribution is -0.160. The molecule has 1 aromatic heterocycles. The van der Waals surface area contributed by atoms with E-state index in [-0.39, 0.29) is 24.4 Å². The molecule has 160 valence electrons. The highest BCUT2D eigenvalue weighted by molar-refractivity contribution is 5.93. The molecule has 31 heavy (non-hydrogen) atoms. The van der Waals surface area contributed by atoms with Crippen molar-refractivity contribution in [2.45, 2.75) is 63.0 Å². The van der Waals surface area contributed by atoms with E-state index in [1.54, 1.807) is 0 Å². The van der Waals surface area contributed by atoms with Crippen molar-refractivity contribution >= 4 is 22.8 Å². The van der Waals surface area contributed by atoms with E-state index in [0.717, 1.165) is 53.3 Å². The van der Waals surface area contributed by atoms with Gasteiger partial charge in [0.2, 0.25) is 5.91 Å². The van der Waals surface area contributed by atoms with Gasteiger partial charge in [-0.05, 0) is 48.4 Å². The first-order valence-electron chi connectivity index (χ1n) is 11.3. The second-order valence-corrected chi connectivity index (χ2v) is 8.95. The van der Waals surface area contributed by atoms with E-state index in [2.05, 4.69) is 10.3 Å². The van der Waals surface area contributed by atoms with Crippen molar-refractivity contribution in [1.82, 2.24) is 10.3 Å². The number of amides is 1. The van der Waals surface area contributed by atoms with Gasteiger partial charge in [-0.15, -0.1) is 0 Å². The smallest absolute Gasteiger partial charge is 0.332 e. The largest absolute Gasteiger partial charge is 0.461 e. The summed E-state index contributed by atoms with van der Waals surface area (Å²) in [6.07, 6.45) is 8.24. The fraction of sp³-hybridized carbons (Fsp3) is 0.385. The maximum Gasteiger partial charge on any atom is 0.332 e. The molecule has 1 amide bonds. The van der Waals surface area contributed by atoms with Crippen molar-refractivity contribution < 1.29 is 14.3 Å².